The summed E-state index contributed by atoms with van der Waals surface area (Å²) < 4.78 is 3.03. The van der Waals surface area contributed by atoms with Gasteiger partial charge in [0.05, 0.1) is 22.6 Å². The molecule has 180 valence electrons. The van der Waals surface area contributed by atoms with Crippen LogP contribution in [0.4, 0.5) is 5.69 Å². The highest BCUT2D eigenvalue weighted by atomic mass is 32.1. The lowest BCUT2D eigenvalue weighted by atomic mass is 10.1. The molecule has 0 saturated carbocycles. The van der Waals surface area contributed by atoms with Crippen LogP contribution in [0.2, 0.25) is 0 Å². The molecule has 0 spiro atoms. The fraction of sp³-hybridized carbons (Fsp3) is 0.222. The van der Waals surface area contributed by atoms with Crippen molar-refractivity contribution in [2.45, 2.75) is 33.7 Å². The Morgan fingerprint density at radius 2 is 1.89 bits per heavy atom. The van der Waals surface area contributed by atoms with Gasteiger partial charge in [-0.3, -0.25) is 14.2 Å². The van der Waals surface area contributed by atoms with Crippen LogP contribution < -0.4 is 10.5 Å². The number of aromatic nitrogens is 5. The van der Waals surface area contributed by atoms with Gasteiger partial charge in [0.1, 0.15) is 18.3 Å². The Balaban J connectivity index is 1.27. The van der Waals surface area contributed by atoms with Gasteiger partial charge >= 0.3 is 0 Å². The van der Waals surface area contributed by atoms with Crippen molar-refractivity contribution in [2.75, 3.05) is 11.4 Å². The largest absolute Gasteiger partial charge is 0.310 e. The number of amides is 1. The predicted molar refractivity (Wildman–Crippen MR) is 141 cm³/mol. The van der Waals surface area contributed by atoms with Crippen LogP contribution in [0.15, 0.2) is 59.1 Å². The summed E-state index contributed by atoms with van der Waals surface area (Å²) in [6.07, 6.45) is 3.73. The molecule has 0 N–H and O–H groups in total. The molecule has 3 aromatic heterocycles. The van der Waals surface area contributed by atoms with Crippen molar-refractivity contribution in [2.24, 2.45) is 0 Å². The highest BCUT2D eigenvalue weighted by molar-refractivity contribution is 7.09. The Kier molecular flexibility index (Phi) is 5.30. The minimum absolute atomic E-state index is 0.0804. The number of benzene rings is 2. The molecule has 0 aliphatic carbocycles. The Morgan fingerprint density at radius 3 is 2.64 bits per heavy atom. The molecule has 9 heteroatoms. The van der Waals surface area contributed by atoms with Crippen molar-refractivity contribution in [1.82, 2.24) is 24.3 Å². The van der Waals surface area contributed by atoms with Crippen LogP contribution in [0.25, 0.3) is 28.0 Å². The van der Waals surface area contributed by atoms with E-state index in [4.69, 9.17) is 0 Å². The molecule has 0 atom stereocenters. The summed E-state index contributed by atoms with van der Waals surface area (Å²) >= 11 is 1.62. The molecule has 36 heavy (non-hydrogen) atoms. The average molecular weight is 497 g/mol. The second-order valence-corrected chi connectivity index (χ2v) is 10.3. The molecule has 4 heterocycles. The van der Waals surface area contributed by atoms with Crippen LogP contribution in [0.3, 0.4) is 0 Å². The minimum Gasteiger partial charge on any atom is -0.310 e. The Bertz CT molecular complexity index is 1690. The number of anilines is 1. The lowest BCUT2D eigenvalue weighted by Crippen LogP contribution is -2.35. The van der Waals surface area contributed by atoms with Crippen molar-refractivity contribution in [3.8, 4) is 16.9 Å². The zero-order valence-electron chi connectivity index (χ0n) is 20.2. The highest BCUT2D eigenvalue weighted by Crippen LogP contribution is 2.33. The van der Waals surface area contributed by atoms with Gasteiger partial charge in [-0.25, -0.2) is 14.6 Å². The third-order valence-corrected chi connectivity index (χ3v) is 7.28. The summed E-state index contributed by atoms with van der Waals surface area (Å²) in [5.74, 6) is -0.143. The van der Waals surface area contributed by atoms with Crippen LogP contribution in [-0.2, 0) is 17.8 Å². The summed E-state index contributed by atoms with van der Waals surface area (Å²) in [5, 5.41) is 7.87. The summed E-state index contributed by atoms with van der Waals surface area (Å²) in [7, 11) is 0. The van der Waals surface area contributed by atoms with E-state index in [1.54, 1.807) is 20.9 Å². The standard InChI is InChI=1S/C27H24N6O2S/c1-16-8-17(2)10-21(9-16)33-26-22(12-29-33)27(35)31(15-28-26)13-25(34)32-7-6-20-11-19(4-5-24(20)32)23-14-36-18(3)30-23/h4-5,8-12,14-15H,6-7,13H2,1-3H3. The van der Waals surface area contributed by atoms with E-state index in [9.17, 15) is 9.59 Å². The fourth-order valence-corrected chi connectivity index (χ4v) is 5.49. The van der Waals surface area contributed by atoms with E-state index in [2.05, 4.69) is 27.2 Å². The number of hydrogen-bond donors (Lipinski definition) is 0. The minimum atomic E-state index is -0.280. The zero-order valence-corrected chi connectivity index (χ0v) is 21.0. The normalized spacial score (nSPS) is 12.9. The lowest BCUT2D eigenvalue weighted by molar-refractivity contribution is -0.119. The second kappa shape index (κ2) is 8.53. The predicted octanol–water partition coefficient (Wildman–Crippen LogP) is 4.22. The van der Waals surface area contributed by atoms with Gasteiger partial charge in [0.15, 0.2) is 5.65 Å². The first-order valence-electron chi connectivity index (χ1n) is 11.7. The first-order valence-corrected chi connectivity index (χ1v) is 12.6. The van der Waals surface area contributed by atoms with E-state index < -0.39 is 0 Å². The summed E-state index contributed by atoms with van der Waals surface area (Å²) in [4.78, 5) is 37.2. The van der Waals surface area contributed by atoms with E-state index in [1.807, 2.05) is 50.4 Å². The van der Waals surface area contributed by atoms with Gasteiger partial charge in [-0.05, 0) is 68.1 Å². The van der Waals surface area contributed by atoms with Crippen LogP contribution >= 0.6 is 11.3 Å². The number of fused-ring (bicyclic) bond motifs is 2. The Hall–Kier alpha value is -4.11. The number of aryl methyl sites for hydroxylation is 3. The third kappa shape index (κ3) is 3.81. The molecule has 0 fully saturated rings. The lowest BCUT2D eigenvalue weighted by Gasteiger charge is -2.18. The van der Waals surface area contributed by atoms with Crippen molar-refractivity contribution in [1.29, 1.82) is 0 Å². The molecule has 1 amide bonds. The van der Waals surface area contributed by atoms with Gasteiger partial charge in [0, 0.05) is 23.2 Å². The van der Waals surface area contributed by atoms with E-state index >= 15 is 0 Å². The Morgan fingerprint density at radius 1 is 1.08 bits per heavy atom. The van der Waals surface area contributed by atoms with Crippen molar-refractivity contribution < 1.29 is 4.79 Å². The highest BCUT2D eigenvalue weighted by Gasteiger charge is 2.26. The number of nitrogens with zero attached hydrogens (tertiary/aromatic N) is 6. The molecule has 1 aliphatic rings. The topological polar surface area (TPSA) is 85.9 Å². The molecule has 5 aromatic rings. The van der Waals surface area contributed by atoms with Gasteiger partial charge in [-0.2, -0.15) is 5.10 Å². The smallest absolute Gasteiger partial charge is 0.264 e. The number of carbonyl (C=O) groups is 1. The fourth-order valence-electron chi connectivity index (χ4n) is 4.87. The molecule has 2 aromatic carbocycles. The van der Waals surface area contributed by atoms with E-state index in [0.29, 0.717) is 17.6 Å². The number of rotatable bonds is 4. The molecule has 0 saturated heterocycles. The van der Waals surface area contributed by atoms with Crippen LogP contribution in [0.1, 0.15) is 21.7 Å². The molecule has 0 unspecified atom stereocenters. The van der Waals surface area contributed by atoms with Crippen molar-refractivity contribution in [3.05, 3.63) is 86.4 Å². The maximum atomic E-state index is 13.2. The molecule has 8 nitrogen and oxygen atoms in total. The molecular formula is C27H24N6O2S. The van der Waals surface area contributed by atoms with Gasteiger partial charge < -0.3 is 4.90 Å². The van der Waals surface area contributed by atoms with E-state index in [-0.39, 0.29) is 18.0 Å². The summed E-state index contributed by atoms with van der Waals surface area (Å²) in [6, 6.07) is 12.2. The summed E-state index contributed by atoms with van der Waals surface area (Å²) in [6.45, 7) is 6.54. The molecule has 6 rings (SSSR count). The number of hydrogen-bond acceptors (Lipinski definition) is 6. The van der Waals surface area contributed by atoms with Crippen LogP contribution in [0, 0.1) is 20.8 Å². The quantitative estimate of drug-likeness (QED) is 0.372. The summed E-state index contributed by atoms with van der Waals surface area (Å²) in [5.41, 5.74) is 7.27. The SMILES string of the molecule is Cc1cc(C)cc(-n2ncc3c(=O)n(CC(=O)N4CCc5cc(-c6csc(C)n6)ccc54)cnc32)c1. The van der Waals surface area contributed by atoms with E-state index in [0.717, 1.165) is 50.8 Å². The zero-order chi connectivity index (χ0) is 25.0. The number of thiazole rings is 1. The maximum absolute atomic E-state index is 13.2. The maximum Gasteiger partial charge on any atom is 0.264 e. The first kappa shape index (κ1) is 22.4. The van der Waals surface area contributed by atoms with Crippen LogP contribution in [0.5, 0.6) is 0 Å². The van der Waals surface area contributed by atoms with Crippen molar-refractivity contribution in [3.63, 3.8) is 0 Å². The van der Waals surface area contributed by atoms with Crippen molar-refractivity contribution >= 4 is 34.0 Å². The Labute approximate surface area is 211 Å². The molecule has 0 radical (unpaired) electrons. The van der Waals surface area contributed by atoms with Crippen LogP contribution in [-0.4, -0.2) is 36.8 Å². The molecule has 1 aliphatic heterocycles. The third-order valence-electron chi connectivity index (χ3n) is 6.50. The van der Waals surface area contributed by atoms with E-state index in [1.165, 1.54) is 17.1 Å². The monoisotopic (exact) mass is 496 g/mol. The average Bonchev–Trinajstić information content (AvgIpc) is 3.58. The van der Waals surface area contributed by atoms with Gasteiger partial charge in [0.2, 0.25) is 5.91 Å². The molecular weight excluding hydrogens is 472 g/mol. The molecule has 0 bridgehead atoms. The first-order chi connectivity index (χ1) is 17.4. The van der Waals surface area contributed by atoms with Gasteiger partial charge in [0.25, 0.3) is 5.56 Å². The van der Waals surface area contributed by atoms with Gasteiger partial charge in [-0.1, -0.05) is 12.1 Å². The second-order valence-electron chi connectivity index (χ2n) is 9.21. The number of carbonyl (C=O) groups excluding carboxylic acids is 1. The van der Waals surface area contributed by atoms with Gasteiger partial charge in [-0.15, -0.1) is 11.3 Å².